The minimum atomic E-state index is -3.95. The van der Waals surface area contributed by atoms with Crippen molar-refractivity contribution in [3.05, 3.63) is 0 Å². The molecule has 1 heterocycles. The van der Waals surface area contributed by atoms with Crippen molar-refractivity contribution in [3.8, 4) is 0 Å². The number of ether oxygens (including phenoxy) is 2. The molecule has 0 amide bonds. The second-order valence-electron chi connectivity index (χ2n) is 7.55. The van der Waals surface area contributed by atoms with Crippen molar-refractivity contribution in [1.29, 1.82) is 0 Å². The van der Waals surface area contributed by atoms with Crippen LogP contribution < -0.4 is 0 Å². The van der Waals surface area contributed by atoms with E-state index in [9.17, 15) is 8.42 Å². The van der Waals surface area contributed by atoms with Crippen LogP contribution in [0.2, 0.25) is 0 Å². The van der Waals surface area contributed by atoms with E-state index in [-0.39, 0.29) is 41.8 Å². The van der Waals surface area contributed by atoms with Crippen LogP contribution >= 0.6 is 0 Å². The summed E-state index contributed by atoms with van der Waals surface area (Å²) in [6, 6.07) is 0. The maximum atomic E-state index is 11.2. The normalized spacial score (nSPS) is 20.8. The molecule has 0 saturated carbocycles. The summed E-state index contributed by atoms with van der Waals surface area (Å²) in [5.41, 5.74) is 0. The van der Waals surface area contributed by atoms with E-state index >= 15 is 0 Å². The maximum absolute atomic E-state index is 11.2. The summed E-state index contributed by atoms with van der Waals surface area (Å²) in [4.78, 5) is 0. The molecule has 1 aliphatic heterocycles. The monoisotopic (exact) mass is 432 g/mol. The van der Waals surface area contributed by atoms with E-state index in [1.54, 1.807) is 0 Å². The van der Waals surface area contributed by atoms with Gasteiger partial charge in [-0.2, -0.15) is 8.42 Å². The van der Waals surface area contributed by atoms with Gasteiger partial charge in [0.25, 0.3) is 0 Å². The number of hydrogen-bond donors (Lipinski definition) is 0. The molecule has 1 fully saturated rings. The molecule has 0 aliphatic carbocycles. The molecule has 0 aromatic carbocycles. The van der Waals surface area contributed by atoms with Crippen LogP contribution in [0.25, 0.3) is 0 Å². The van der Waals surface area contributed by atoms with Crippen LogP contribution in [0.4, 0.5) is 0 Å². The summed E-state index contributed by atoms with van der Waals surface area (Å²) in [7, 11) is -2.88. The van der Waals surface area contributed by atoms with Crippen LogP contribution in [0, 0.1) is 0 Å². The van der Waals surface area contributed by atoms with Gasteiger partial charge in [-0.25, -0.2) is 4.18 Å². The molecule has 3 unspecified atom stereocenters. The number of rotatable bonds is 17. The van der Waals surface area contributed by atoms with Crippen molar-refractivity contribution < 1.29 is 26.3 Å². The SMILES string of the molecule is CCCCCCCCCCCCC(C)OCC1CCC(OS(=O)(=O)OC)O1.[NaH]. The molecule has 1 rings (SSSR count). The van der Waals surface area contributed by atoms with Crippen molar-refractivity contribution >= 4 is 40.0 Å². The topological polar surface area (TPSA) is 71.1 Å². The second-order valence-corrected chi connectivity index (χ2v) is 8.89. The average Bonchev–Trinajstić information content (AvgIpc) is 3.08. The molecule has 8 heteroatoms. The standard InChI is InChI=1S/C20H40O6S.Na.H/c1-4-5-6-7-8-9-10-11-12-13-14-18(2)24-17-19-15-16-20(25-19)26-27(21,22)23-3;;/h18-20H,4-17H2,1-3H3;;. The molecule has 1 saturated heterocycles. The molecule has 3 atom stereocenters. The Kier molecular flexibility index (Phi) is 18.0. The molecule has 0 radical (unpaired) electrons. The van der Waals surface area contributed by atoms with Gasteiger partial charge >= 0.3 is 40.0 Å². The minimum absolute atomic E-state index is 0. The van der Waals surface area contributed by atoms with E-state index in [1.165, 1.54) is 64.2 Å². The summed E-state index contributed by atoms with van der Waals surface area (Å²) in [5, 5.41) is 0. The van der Waals surface area contributed by atoms with Crippen LogP contribution in [-0.2, 0) is 28.2 Å². The first-order chi connectivity index (χ1) is 13.0. The van der Waals surface area contributed by atoms with Crippen molar-refractivity contribution in [2.75, 3.05) is 13.7 Å². The summed E-state index contributed by atoms with van der Waals surface area (Å²) in [5.74, 6) is 0. The van der Waals surface area contributed by atoms with Gasteiger partial charge in [0, 0.05) is 6.42 Å². The molecule has 0 bridgehead atoms. The Morgan fingerprint density at radius 1 is 0.964 bits per heavy atom. The fraction of sp³-hybridized carbons (Fsp3) is 1.00. The van der Waals surface area contributed by atoms with E-state index in [0.717, 1.165) is 20.0 Å². The van der Waals surface area contributed by atoms with Crippen molar-refractivity contribution in [1.82, 2.24) is 0 Å². The van der Waals surface area contributed by atoms with E-state index in [2.05, 4.69) is 18.0 Å². The molecule has 6 nitrogen and oxygen atoms in total. The first-order valence-corrected chi connectivity index (χ1v) is 12.1. The first kappa shape index (κ1) is 28.8. The Hall–Kier alpha value is 0.790. The summed E-state index contributed by atoms with van der Waals surface area (Å²) in [6.07, 6.45) is 15.0. The van der Waals surface area contributed by atoms with Gasteiger partial charge in [0.05, 0.1) is 25.9 Å². The van der Waals surface area contributed by atoms with Gasteiger partial charge in [-0.15, -0.1) is 0 Å². The average molecular weight is 433 g/mol. The Morgan fingerprint density at radius 2 is 1.54 bits per heavy atom. The summed E-state index contributed by atoms with van der Waals surface area (Å²) < 4.78 is 43.0. The molecule has 164 valence electrons. The van der Waals surface area contributed by atoms with E-state index in [0.29, 0.717) is 13.0 Å². The van der Waals surface area contributed by atoms with Gasteiger partial charge in [0.2, 0.25) is 0 Å². The molecule has 0 aromatic rings. The van der Waals surface area contributed by atoms with Crippen LogP contribution in [0.3, 0.4) is 0 Å². The molecule has 28 heavy (non-hydrogen) atoms. The zero-order valence-electron chi connectivity index (χ0n) is 17.5. The molecule has 0 aromatic heterocycles. The molecule has 1 aliphatic rings. The zero-order chi connectivity index (χ0) is 20.0. The fourth-order valence-electron chi connectivity index (χ4n) is 3.31. The third-order valence-electron chi connectivity index (χ3n) is 5.03. The Bertz CT molecular complexity index is 460. The number of unbranched alkanes of at least 4 members (excludes halogenated alkanes) is 9. The molecule has 0 spiro atoms. The second kappa shape index (κ2) is 17.5. The zero-order valence-corrected chi connectivity index (χ0v) is 18.3. The third kappa shape index (κ3) is 14.7. The predicted octanol–water partition coefficient (Wildman–Crippen LogP) is 4.47. The Balaban J connectivity index is 0.00000729. The first-order valence-electron chi connectivity index (χ1n) is 10.7. The van der Waals surface area contributed by atoms with E-state index < -0.39 is 16.7 Å². The van der Waals surface area contributed by atoms with Gasteiger partial charge in [0.1, 0.15) is 0 Å². The van der Waals surface area contributed by atoms with Crippen LogP contribution in [-0.4, -0.2) is 70.2 Å². The number of hydrogen-bond acceptors (Lipinski definition) is 6. The summed E-state index contributed by atoms with van der Waals surface area (Å²) in [6.45, 7) is 4.82. The van der Waals surface area contributed by atoms with Crippen LogP contribution in [0.15, 0.2) is 0 Å². The van der Waals surface area contributed by atoms with Gasteiger partial charge < -0.3 is 9.47 Å². The molecular formula is C20H41NaO6S. The van der Waals surface area contributed by atoms with Crippen LogP contribution in [0.5, 0.6) is 0 Å². The Morgan fingerprint density at radius 3 is 2.11 bits per heavy atom. The van der Waals surface area contributed by atoms with Crippen LogP contribution in [0.1, 0.15) is 97.3 Å². The van der Waals surface area contributed by atoms with E-state index in [1.807, 2.05) is 0 Å². The van der Waals surface area contributed by atoms with E-state index in [4.69, 9.17) is 13.7 Å². The predicted molar refractivity (Wildman–Crippen MR) is 114 cm³/mol. The molecule has 0 N–H and O–H groups in total. The summed E-state index contributed by atoms with van der Waals surface area (Å²) >= 11 is 0. The molecular weight excluding hydrogens is 391 g/mol. The third-order valence-corrected chi connectivity index (χ3v) is 5.89. The van der Waals surface area contributed by atoms with Crippen molar-refractivity contribution in [2.24, 2.45) is 0 Å². The van der Waals surface area contributed by atoms with Gasteiger partial charge in [-0.1, -0.05) is 71.1 Å². The van der Waals surface area contributed by atoms with Gasteiger partial charge in [0.15, 0.2) is 6.29 Å². The Labute approximate surface area is 195 Å². The van der Waals surface area contributed by atoms with Gasteiger partial charge in [-0.05, 0) is 19.8 Å². The van der Waals surface area contributed by atoms with Crippen molar-refractivity contribution in [3.63, 3.8) is 0 Å². The fourth-order valence-corrected chi connectivity index (χ4v) is 3.79. The van der Waals surface area contributed by atoms with Crippen molar-refractivity contribution in [2.45, 2.75) is 116 Å². The quantitative estimate of drug-likeness (QED) is 0.249. The van der Waals surface area contributed by atoms with Gasteiger partial charge in [-0.3, -0.25) is 4.18 Å².